The summed E-state index contributed by atoms with van der Waals surface area (Å²) in [5.74, 6) is 0.893. The minimum Gasteiger partial charge on any atom is -0.354 e. The van der Waals surface area contributed by atoms with E-state index in [1.807, 2.05) is 43.0 Å². The largest absolute Gasteiger partial charge is 0.354 e. The lowest BCUT2D eigenvalue weighted by atomic mass is 9.89. The lowest BCUT2D eigenvalue weighted by Gasteiger charge is -2.23. The number of amides is 1. The zero-order valence-electron chi connectivity index (χ0n) is 18.2. The van der Waals surface area contributed by atoms with Gasteiger partial charge in [0, 0.05) is 38.3 Å². The molecule has 1 atom stereocenters. The maximum Gasteiger partial charge on any atom is 0.253 e. The van der Waals surface area contributed by atoms with Gasteiger partial charge >= 0.3 is 0 Å². The highest BCUT2D eigenvalue weighted by atomic mass is 16.2. The summed E-state index contributed by atoms with van der Waals surface area (Å²) in [6.07, 6.45) is 2.27. The van der Waals surface area contributed by atoms with Crippen LogP contribution in [0.1, 0.15) is 70.3 Å². The first-order valence-corrected chi connectivity index (χ1v) is 10.1. The van der Waals surface area contributed by atoms with Crippen LogP contribution in [-0.2, 0) is 6.54 Å². The van der Waals surface area contributed by atoms with Gasteiger partial charge in [0.15, 0.2) is 5.96 Å². The third kappa shape index (κ3) is 8.46. The lowest BCUT2D eigenvalue weighted by molar-refractivity contribution is 0.0773. The van der Waals surface area contributed by atoms with E-state index in [4.69, 9.17) is 0 Å². The zero-order chi connectivity index (χ0) is 20.4. The van der Waals surface area contributed by atoms with Gasteiger partial charge < -0.3 is 15.5 Å². The SMILES string of the molecule is CCN(CC)C(=O)c1ccc(CNC(=NC)NC(C)CCC(C)(C)C)cc1. The highest BCUT2D eigenvalue weighted by molar-refractivity contribution is 5.94. The van der Waals surface area contributed by atoms with Gasteiger partial charge in [-0.1, -0.05) is 32.9 Å². The van der Waals surface area contributed by atoms with E-state index in [0.29, 0.717) is 18.0 Å². The maximum atomic E-state index is 12.4. The van der Waals surface area contributed by atoms with Gasteiger partial charge in [0.1, 0.15) is 0 Å². The number of benzene rings is 1. The summed E-state index contributed by atoms with van der Waals surface area (Å²) in [6, 6.07) is 8.17. The minimum absolute atomic E-state index is 0.0876. The van der Waals surface area contributed by atoms with E-state index in [1.165, 1.54) is 6.42 Å². The molecule has 0 fully saturated rings. The Morgan fingerprint density at radius 1 is 1.15 bits per heavy atom. The van der Waals surface area contributed by atoms with Gasteiger partial charge in [0.25, 0.3) is 5.91 Å². The topological polar surface area (TPSA) is 56.7 Å². The van der Waals surface area contributed by atoms with Crippen molar-refractivity contribution in [3.05, 3.63) is 35.4 Å². The summed E-state index contributed by atoms with van der Waals surface area (Å²) in [4.78, 5) is 18.5. The Labute approximate surface area is 165 Å². The molecular formula is C22H38N4O. The number of carbonyl (C=O) groups excluding carboxylic acids is 1. The first-order valence-electron chi connectivity index (χ1n) is 10.1. The standard InChI is InChI=1S/C22H38N4O/c1-8-26(9-2)20(27)19-12-10-18(11-13-19)16-24-21(23-7)25-17(3)14-15-22(4,5)6/h10-13,17H,8-9,14-16H2,1-7H3,(H2,23,24,25). The number of nitrogens with zero attached hydrogens (tertiary/aromatic N) is 2. The van der Waals surface area contributed by atoms with Crippen LogP contribution in [0, 0.1) is 5.41 Å². The summed E-state index contributed by atoms with van der Waals surface area (Å²) in [7, 11) is 1.79. The molecule has 0 spiro atoms. The first-order chi connectivity index (χ1) is 12.7. The number of nitrogens with one attached hydrogen (secondary N) is 2. The Kier molecular flexibility index (Phi) is 9.33. The number of aliphatic imine (C=N–C) groups is 1. The van der Waals surface area contributed by atoms with E-state index >= 15 is 0 Å². The van der Waals surface area contributed by atoms with Crippen molar-refractivity contribution < 1.29 is 4.79 Å². The summed E-state index contributed by atoms with van der Waals surface area (Å²) in [5, 5.41) is 6.80. The number of guanidine groups is 1. The summed E-state index contributed by atoms with van der Waals surface area (Å²) >= 11 is 0. The molecule has 2 N–H and O–H groups in total. The number of carbonyl (C=O) groups is 1. The molecule has 5 heteroatoms. The zero-order valence-corrected chi connectivity index (χ0v) is 18.2. The third-order valence-electron chi connectivity index (χ3n) is 4.65. The van der Waals surface area contributed by atoms with Crippen LogP contribution in [0.5, 0.6) is 0 Å². The van der Waals surface area contributed by atoms with E-state index in [0.717, 1.165) is 36.6 Å². The second-order valence-corrected chi connectivity index (χ2v) is 8.24. The molecule has 0 saturated heterocycles. The second kappa shape index (κ2) is 11.0. The predicted molar refractivity (Wildman–Crippen MR) is 115 cm³/mol. The fourth-order valence-electron chi connectivity index (χ4n) is 2.79. The van der Waals surface area contributed by atoms with Crippen LogP contribution in [0.15, 0.2) is 29.3 Å². The van der Waals surface area contributed by atoms with Crippen molar-refractivity contribution in [1.29, 1.82) is 0 Å². The predicted octanol–water partition coefficient (Wildman–Crippen LogP) is 4.05. The van der Waals surface area contributed by atoms with Crippen LogP contribution in [0.3, 0.4) is 0 Å². The first kappa shape index (κ1) is 23.0. The molecule has 0 saturated carbocycles. The van der Waals surface area contributed by atoms with Gasteiger partial charge in [-0.05, 0) is 56.7 Å². The number of hydrogen-bond donors (Lipinski definition) is 2. The molecule has 0 aliphatic rings. The molecule has 0 heterocycles. The molecule has 1 unspecified atom stereocenters. The van der Waals surface area contributed by atoms with Crippen LogP contribution in [-0.4, -0.2) is 42.9 Å². The van der Waals surface area contributed by atoms with Gasteiger partial charge in [-0.3, -0.25) is 9.79 Å². The maximum absolute atomic E-state index is 12.4. The van der Waals surface area contributed by atoms with Crippen molar-refractivity contribution in [2.75, 3.05) is 20.1 Å². The molecule has 1 amide bonds. The van der Waals surface area contributed by atoms with Crippen LogP contribution < -0.4 is 10.6 Å². The normalized spacial score (nSPS) is 13.2. The molecule has 1 aromatic rings. The smallest absolute Gasteiger partial charge is 0.253 e. The van der Waals surface area contributed by atoms with E-state index in [2.05, 4.69) is 43.3 Å². The van der Waals surface area contributed by atoms with E-state index in [1.54, 1.807) is 7.05 Å². The van der Waals surface area contributed by atoms with E-state index < -0.39 is 0 Å². The van der Waals surface area contributed by atoms with E-state index in [9.17, 15) is 4.79 Å². The molecule has 0 aromatic heterocycles. The Balaban J connectivity index is 2.55. The Morgan fingerprint density at radius 3 is 2.22 bits per heavy atom. The quantitative estimate of drug-likeness (QED) is 0.533. The highest BCUT2D eigenvalue weighted by Crippen LogP contribution is 2.21. The van der Waals surface area contributed by atoms with Gasteiger partial charge in [-0.25, -0.2) is 0 Å². The summed E-state index contributed by atoms with van der Waals surface area (Å²) < 4.78 is 0. The molecule has 0 radical (unpaired) electrons. The van der Waals surface area contributed by atoms with Crippen molar-refractivity contribution in [1.82, 2.24) is 15.5 Å². The Hall–Kier alpha value is -2.04. The van der Waals surface area contributed by atoms with Gasteiger partial charge in [0.05, 0.1) is 0 Å². The van der Waals surface area contributed by atoms with Crippen LogP contribution in [0.2, 0.25) is 0 Å². The monoisotopic (exact) mass is 374 g/mol. The molecule has 0 aliphatic carbocycles. The molecule has 5 nitrogen and oxygen atoms in total. The van der Waals surface area contributed by atoms with Gasteiger partial charge in [-0.15, -0.1) is 0 Å². The van der Waals surface area contributed by atoms with Gasteiger partial charge in [-0.2, -0.15) is 0 Å². The Bertz CT molecular complexity index is 598. The van der Waals surface area contributed by atoms with Crippen molar-refractivity contribution >= 4 is 11.9 Å². The second-order valence-electron chi connectivity index (χ2n) is 8.24. The average molecular weight is 375 g/mol. The van der Waals surface area contributed by atoms with Gasteiger partial charge in [0.2, 0.25) is 0 Å². The van der Waals surface area contributed by atoms with Crippen LogP contribution in [0.25, 0.3) is 0 Å². The lowest BCUT2D eigenvalue weighted by Crippen LogP contribution is -2.42. The minimum atomic E-state index is 0.0876. The molecular weight excluding hydrogens is 336 g/mol. The van der Waals surface area contributed by atoms with Crippen LogP contribution in [0.4, 0.5) is 0 Å². The highest BCUT2D eigenvalue weighted by Gasteiger charge is 2.14. The average Bonchev–Trinajstić information content (AvgIpc) is 2.64. The third-order valence-corrected chi connectivity index (χ3v) is 4.65. The summed E-state index contributed by atoms with van der Waals surface area (Å²) in [6.45, 7) is 15.1. The van der Waals surface area contributed by atoms with Crippen molar-refractivity contribution in [3.63, 3.8) is 0 Å². The molecule has 152 valence electrons. The van der Waals surface area contributed by atoms with Crippen molar-refractivity contribution in [3.8, 4) is 0 Å². The molecule has 0 bridgehead atoms. The molecule has 1 rings (SSSR count). The summed E-state index contributed by atoms with van der Waals surface area (Å²) in [5.41, 5.74) is 2.20. The van der Waals surface area contributed by atoms with Crippen LogP contribution >= 0.6 is 0 Å². The fraction of sp³-hybridized carbons (Fsp3) is 0.636. The molecule has 0 aliphatic heterocycles. The van der Waals surface area contributed by atoms with Crippen molar-refractivity contribution in [2.24, 2.45) is 10.4 Å². The Morgan fingerprint density at radius 2 is 1.74 bits per heavy atom. The molecule has 1 aromatic carbocycles. The number of rotatable bonds is 8. The fourth-order valence-corrected chi connectivity index (χ4v) is 2.79. The molecule has 27 heavy (non-hydrogen) atoms. The van der Waals surface area contributed by atoms with E-state index in [-0.39, 0.29) is 5.91 Å². The number of hydrogen-bond acceptors (Lipinski definition) is 2. The van der Waals surface area contributed by atoms with Crippen molar-refractivity contribution in [2.45, 2.75) is 67.0 Å².